The van der Waals surface area contributed by atoms with Crippen molar-refractivity contribution in [2.24, 2.45) is 5.92 Å². The van der Waals surface area contributed by atoms with E-state index in [-0.39, 0.29) is 5.78 Å². The zero-order chi connectivity index (χ0) is 21.0. The Kier molecular flexibility index (Phi) is 6.79. The number of thioether (sulfide) groups is 1. The normalized spacial score (nSPS) is 11.2. The fraction of sp³-hybridized carbons (Fsp3) is 0.409. The van der Waals surface area contributed by atoms with Crippen LogP contribution >= 0.6 is 11.8 Å². The minimum Gasteiger partial charge on any atom is -0.497 e. The Balaban J connectivity index is 1.72. The van der Waals surface area contributed by atoms with Gasteiger partial charge in [0.2, 0.25) is 0 Å². The average Bonchev–Trinajstić information content (AvgIpc) is 3.29. The van der Waals surface area contributed by atoms with Crippen LogP contribution in [0.3, 0.4) is 0 Å². The van der Waals surface area contributed by atoms with Crippen molar-refractivity contribution in [3.63, 3.8) is 0 Å². The Morgan fingerprint density at radius 3 is 2.76 bits per heavy atom. The highest BCUT2D eigenvalue weighted by molar-refractivity contribution is 7.99. The van der Waals surface area contributed by atoms with E-state index in [2.05, 4.69) is 35.5 Å². The fourth-order valence-electron chi connectivity index (χ4n) is 3.28. The van der Waals surface area contributed by atoms with E-state index in [1.165, 1.54) is 11.8 Å². The Labute approximate surface area is 176 Å². The molecular weight excluding hydrogens is 384 g/mol. The molecule has 7 heteroatoms. The van der Waals surface area contributed by atoms with Gasteiger partial charge in [0, 0.05) is 29.6 Å². The molecule has 0 saturated heterocycles. The number of methoxy groups -OCH3 is 1. The van der Waals surface area contributed by atoms with Gasteiger partial charge >= 0.3 is 0 Å². The summed E-state index contributed by atoms with van der Waals surface area (Å²) in [7, 11) is 1.64. The first-order chi connectivity index (χ1) is 13.9. The molecule has 0 bridgehead atoms. The maximum atomic E-state index is 12.9. The molecule has 0 aliphatic carbocycles. The SMILES string of the molecule is COc1cccc(-n2cnnc2SCC(=O)c2cc(C)n(CCC(C)C)c2C)c1. The molecule has 0 radical (unpaired) electrons. The Morgan fingerprint density at radius 1 is 1.24 bits per heavy atom. The van der Waals surface area contributed by atoms with Gasteiger partial charge in [-0.3, -0.25) is 9.36 Å². The number of ketones is 1. The largest absolute Gasteiger partial charge is 0.497 e. The molecule has 2 aromatic heterocycles. The van der Waals surface area contributed by atoms with Crippen LogP contribution in [0.5, 0.6) is 5.75 Å². The second kappa shape index (κ2) is 9.31. The second-order valence-electron chi connectivity index (χ2n) is 7.52. The Hall–Kier alpha value is -2.54. The summed E-state index contributed by atoms with van der Waals surface area (Å²) in [6.45, 7) is 9.48. The number of hydrogen-bond donors (Lipinski definition) is 0. The van der Waals surface area contributed by atoms with Crippen LogP contribution in [-0.4, -0.2) is 38.0 Å². The summed E-state index contributed by atoms with van der Waals surface area (Å²) in [5.74, 6) is 1.82. The van der Waals surface area contributed by atoms with E-state index in [9.17, 15) is 4.79 Å². The number of aromatic nitrogens is 4. The third-order valence-electron chi connectivity index (χ3n) is 4.98. The molecule has 0 fully saturated rings. The van der Waals surface area contributed by atoms with Crippen molar-refractivity contribution in [2.75, 3.05) is 12.9 Å². The molecule has 0 unspecified atom stereocenters. The minimum absolute atomic E-state index is 0.110. The number of benzene rings is 1. The zero-order valence-electron chi connectivity index (χ0n) is 17.7. The van der Waals surface area contributed by atoms with Gasteiger partial charge in [0.15, 0.2) is 10.9 Å². The monoisotopic (exact) mass is 412 g/mol. The van der Waals surface area contributed by atoms with Gasteiger partial charge < -0.3 is 9.30 Å². The van der Waals surface area contributed by atoms with Crippen LogP contribution in [0.2, 0.25) is 0 Å². The number of rotatable bonds is 9. The van der Waals surface area contributed by atoms with Crippen LogP contribution in [-0.2, 0) is 6.54 Å². The van der Waals surface area contributed by atoms with Gasteiger partial charge in [-0.1, -0.05) is 31.7 Å². The van der Waals surface area contributed by atoms with Gasteiger partial charge in [0.25, 0.3) is 0 Å². The molecule has 3 rings (SSSR count). The van der Waals surface area contributed by atoms with E-state index in [1.54, 1.807) is 13.4 Å². The summed E-state index contributed by atoms with van der Waals surface area (Å²) < 4.78 is 9.41. The van der Waals surface area contributed by atoms with Crippen LogP contribution in [0.15, 0.2) is 41.8 Å². The molecule has 1 aromatic carbocycles. The standard InChI is InChI=1S/C22H28N4O2S/c1-15(2)9-10-25-16(3)11-20(17(25)4)21(27)13-29-22-24-23-14-26(22)18-7-6-8-19(12-18)28-5/h6-8,11-12,14-15H,9-10,13H2,1-5H3. The number of carbonyl (C=O) groups is 1. The summed E-state index contributed by atoms with van der Waals surface area (Å²) >= 11 is 1.40. The predicted molar refractivity (Wildman–Crippen MR) is 116 cm³/mol. The summed E-state index contributed by atoms with van der Waals surface area (Å²) in [5, 5.41) is 8.88. The zero-order valence-corrected chi connectivity index (χ0v) is 18.5. The van der Waals surface area contributed by atoms with Crippen LogP contribution in [0.1, 0.15) is 42.0 Å². The van der Waals surface area contributed by atoms with Crippen LogP contribution < -0.4 is 4.74 Å². The van der Waals surface area contributed by atoms with Crippen molar-refractivity contribution in [1.82, 2.24) is 19.3 Å². The summed E-state index contributed by atoms with van der Waals surface area (Å²) in [4.78, 5) is 12.9. The molecular formula is C22H28N4O2S. The molecule has 29 heavy (non-hydrogen) atoms. The number of Topliss-reactive ketones (excluding diaryl/α,β-unsaturated/α-hetero) is 1. The molecule has 0 aliphatic heterocycles. The highest BCUT2D eigenvalue weighted by atomic mass is 32.2. The van der Waals surface area contributed by atoms with Gasteiger partial charge in [-0.15, -0.1) is 10.2 Å². The summed E-state index contributed by atoms with van der Waals surface area (Å²) in [5.41, 5.74) is 3.88. The summed E-state index contributed by atoms with van der Waals surface area (Å²) in [6, 6.07) is 9.68. The van der Waals surface area contributed by atoms with Crippen LogP contribution in [0.25, 0.3) is 5.69 Å². The molecule has 0 N–H and O–H groups in total. The second-order valence-corrected chi connectivity index (χ2v) is 8.46. The lowest BCUT2D eigenvalue weighted by Gasteiger charge is -2.11. The van der Waals surface area contributed by atoms with E-state index >= 15 is 0 Å². The number of hydrogen-bond acceptors (Lipinski definition) is 5. The summed E-state index contributed by atoms with van der Waals surface area (Å²) in [6.07, 6.45) is 2.75. The minimum atomic E-state index is 0.110. The van der Waals surface area contributed by atoms with Crippen LogP contribution in [0, 0.1) is 19.8 Å². The molecule has 0 saturated carbocycles. The third kappa shape index (κ3) is 4.90. The van der Waals surface area contributed by atoms with Gasteiger partial charge in [-0.05, 0) is 44.4 Å². The lowest BCUT2D eigenvalue weighted by atomic mass is 10.1. The van der Waals surface area contributed by atoms with Gasteiger partial charge in [0.1, 0.15) is 12.1 Å². The van der Waals surface area contributed by atoms with E-state index in [4.69, 9.17) is 4.74 Å². The number of carbonyl (C=O) groups excluding carboxylic acids is 1. The Morgan fingerprint density at radius 2 is 2.03 bits per heavy atom. The van der Waals surface area contributed by atoms with Crippen molar-refractivity contribution in [1.29, 1.82) is 0 Å². The molecule has 2 heterocycles. The molecule has 0 aliphatic rings. The molecule has 3 aromatic rings. The highest BCUT2D eigenvalue weighted by Crippen LogP contribution is 2.24. The van der Waals surface area contributed by atoms with Gasteiger partial charge in [-0.2, -0.15) is 0 Å². The molecule has 0 atom stereocenters. The predicted octanol–water partition coefficient (Wildman–Crippen LogP) is 4.72. The Bertz CT molecular complexity index is 991. The van der Waals surface area contributed by atoms with E-state index in [1.807, 2.05) is 41.8 Å². The highest BCUT2D eigenvalue weighted by Gasteiger charge is 2.18. The van der Waals surface area contributed by atoms with Crippen molar-refractivity contribution in [3.8, 4) is 11.4 Å². The lowest BCUT2D eigenvalue weighted by molar-refractivity contribution is 0.102. The third-order valence-corrected chi connectivity index (χ3v) is 5.93. The molecule has 6 nitrogen and oxygen atoms in total. The fourth-order valence-corrected chi connectivity index (χ4v) is 4.10. The smallest absolute Gasteiger partial charge is 0.196 e. The quantitative estimate of drug-likeness (QED) is 0.376. The van der Waals surface area contributed by atoms with Crippen molar-refractivity contribution in [2.45, 2.75) is 45.8 Å². The molecule has 0 amide bonds. The maximum absolute atomic E-state index is 12.9. The topological polar surface area (TPSA) is 61.9 Å². The first-order valence-corrected chi connectivity index (χ1v) is 10.8. The van der Waals surface area contributed by atoms with E-state index in [0.717, 1.165) is 41.4 Å². The van der Waals surface area contributed by atoms with Gasteiger partial charge in [0.05, 0.1) is 18.6 Å². The first kappa shape index (κ1) is 21.2. The molecule has 0 spiro atoms. The molecule has 154 valence electrons. The van der Waals surface area contributed by atoms with Crippen molar-refractivity contribution >= 4 is 17.5 Å². The van der Waals surface area contributed by atoms with Crippen molar-refractivity contribution in [3.05, 3.63) is 53.6 Å². The van der Waals surface area contributed by atoms with Crippen molar-refractivity contribution < 1.29 is 9.53 Å². The maximum Gasteiger partial charge on any atom is 0.196 e. The lowest BCUT2D eigenvalue weighted by Crippen LogP contribution is -2.08. The number of nitrogens with zero attached hydrogens (tertiary/aromatic N) is 4. The first-order valence-electron chi connectivity index (χ1n) is 9.78. The van der Waals surface area contributed by atoms with E-state index < -0.39 is 0 Å². The van der Waals surface area contributed by atoms with Gasteiger partial charge in [-0.25, -0.2) is 0 Å². The average molecular weight is 413 g/mol. The van der Waals surface area contributed by atoms with E-state index in [0.29, 0.717) is 16.8 Å². The number of ether oxygens (including phenoxy) is 1. The number of aryl methyl sites for hydroxylation is 1. The van der Waals surface area contributed by atoms with Crippen LogP contribution in [0.4, 0.5) is 0 Å².